The minimum atomic E-state index is -0.910. The molecule has 0 atom stereocenters. The molecule has 0 bridgehead atoms. The van der Waals surface area contributed by atoms with E-state index in [1.54, 1.807) is 12.1 Å². The van der Waals surface area contributed by atoms with Crippen LogP contribution < -0.4 is 10.9 Å². The standard InChI is InChI=1S/C16H11FN4O4/c1-9-4-5-20-14(6-9)18-8-11(16(20)23)15(22)19-13-7-10(21(24)25)2-3-12(13)17/h2-8H,1H3,(H,19,22). The fraction of sp³-hybridized carbons (Fsp3) is 0.0625. The van der Waals surface area contributed by atoms with Crippen LogP contribution in [0.4, 0.5) is 15.8 Å². The lowest BCUT2D eigenvalue weighted by Gasteiger charge is -2.07. The number of nitro groups is 1. The quantitative estimate of drug-likeness (QED) is 0.580. The van der Waals surface area contributed by atoms with E-state index in [4.69, 9.17) is 0 Å². The number of hydrogen-bond donors (Lipinski definition) is 1. The maximum atomic E-state index is 13.8. The summed E-state index contributed by atoms with van der Waals surface area (Å²) in [6.45, 7) is 1.83. The molecule has 0 unspecified atom stereocenters. The Bertz CT molecular complexity index is 1080. The summed E-state index contributed by atoms with van der Waals surface area (Å²) in [4.78, 5) is 38.7. The van der Waals surface area contributed by atoms with Crippen molar-refractivity contribution in [3.63, 3.8) is 0 Å². The van der Waals surface area contributed by atoms with E-state index in [-0.39, 0.29) is 11.3 Å². The first-order valence-corrected chi connectivity index (χ1v) is 7.10. The summed E-state index contributed by atoms with van der Waals surface area (Å²) in [6.07, 6.45) is 2.56. The molecule has 1 aromatic carbocycles. The number of halogens is 1. The lowest BCUT2D eigenvalue weighted by molar-refractivity contribution is -0.384. The summed E-state index contributed by atoms with van der Waals surface area (Å²) in [5.41, 5.74) is -0.473. The second kappa shape index (κ2) is 6.11. The second-order valence-electron chi connectivity index (χ2n) is 5.28. The zero-order chi connectivity index (χ0) is 18.1. The van der Waals surface area contributed by atoms with Crippen molar-refractivity contribution < 1.29 is 14.1 Å². The molecule has 25 heavy (non-hydrogen) atoms. The van der Waals surface area contributed by atoms with Gasteiger partial charge in [-0.3, -0.25) is 24.1 Å². The molecule has 0 saturated heterocycles. The summed E-state index contributed by atoms with van der Waals surface area (Å²) >= 11 is 0. The zero-order valence-corrected chi connectivity index (χ0v) is 12.9. The monoisotopic (exact) mass is 342 g/mol. The molecule has 3 aromatic rings. The van der Waals surface area contributed by atoms with Crippen LogP contribution in [-0.2, 0) is 0 Å². The Balaban J connectivity index is 2.00. The maximum absolute atomic E-state index is 13.8. The van der Waals surface area contributed by atoms with Crippen molar-refractivity contribution in [2.24, 2.45) is 0 Å². The number of aryl methyl sites for hydroxylation is 1. The Morgan fingerprint density at radius 2 is 2.08 bits per heavy atom. The van der Waals surface area contributed by atoms with E-state index >= 15 is 0 Å². The molecule has 3 rings (SSSR count). The second-order valence-corrected chi connectivity index (χ2v) is 5.28. The molecule has 2 heterocycles. The molecule has 1 amide bonds. The molecule has 2 aromatic heterocycles. The molecule has 0 aliphatic heterocycles. The van der Waals surface area contributed by atoms with Gasteiger partial charge in [-0.15, -0.1) is 0 Å². The number of rotatable bonds is 3. The summed E-state index contributed by atoms with van der Waals surface area (Å²) in [5.74, 6) is -1.77. The van der Waals surface area contributed by atoms with E-state index in [1.807, 2.05) is 6.92 Å². The lowest BCUT2D eigenvalue weighted by Crippen LogP contribution is -2.27. The summed E-state index contributed by atoms with van der Waals surface area (Å²) < 4.78 is 15.0. The molecule has 126 valence electrons. The van der Waals surface area contributed by atoms with Gasteiger partial charge in [-0.1, -0.05) is 0 Å². The van der Waals surface area contributed by atoms with Crippen molar-refractivity contribution in [1.82, 2.24) is 9.38 Å². The summed E-state index contributed by atoms with van der Waals surface area (Å²) in [6, 6.07) is 6.06. The number of fused-ring (bicyclic) bond motifs is 1. The van der Waals surface area contributed by atoms with Gasteiger partial charge in [-0.25, -0.2) is 9.37 Å². The van der Waals surface area contributed by atoms with Crippen LogP contribution in [0, 0.1) is 22.9 Å². The van der Waals surface area contributed by atoms with Crippen LogP contribution in [0.5, 0.6) is 0 Å². The number of hydrogen-bond acceptors (Lipinski definition) is 5. The first-order chi connectivity index (χ1) is 11.9. The molecule has 0 aliphatic carbocycles. The normalized spacial score (nSPS) is 10.6. The molecule has 0 fully saturated rings. The average molecular weight is 342 g/mol. The highest BCUT2D eigenvalue weighted by Gasteiger charge is 2.17. The number of nitrogens with one attached hydrogen (secondary N) is 1. The largest absolute Gasteiger partial charge is 0.319 e. The molecule has 9 heteroatoms. The Hall–Kier alpha value is -3.62. The van der Waals surface area contributed by atoms with Gasteiger partial charge in [0.2, 0.25) is 0 Å². The van der Waals surface area contributed by atoms with Crippen molar-refractivity contribution in [1.29, 1.82) is 0 Å². The third-order valence-corrected chi connectivity index (χ3v) is 3.52. The molecule has 0 spiro atoms. The van der Waals surface area contributed by atoms with Crippen LogP contribution in [-0.4, -0.2) is 20.2 Å². The number of carbonyl (C=O) groups is 1. The van der Waals surface area contributed by atoms with Crippen LogP contribution in [0.15, 0.2) is 47.5 Å². The highest BCUT2D eigenvalue weighted by atomic mass is 19.1. The molecule has 0 aliphatic rings. The van der Waals surface area contributed by atoms with Crippen molar-refractivity contribution in [2.75, 3.05) is 5.32 Å². The Labute approximate surface area is 139 Å². The first-order valence-electron chi connectivity index (χ1n) is 7.10. The van der Waals surface area contributed by atoms with E-state index in [1.165, 1.54) is 10.6 Å². The fourth-order valence-corrected chi connectivity index (χ4v) is 2.24. The minimum Gasteiger partial charge on any atom is -0.319 e. The smallest absolute Gasteiger partial charge is 0.271 e. The Kier molecular flexibility index (Phi) is 3.97. The van der Waals surface area contributed by atoms with Crippen molar-refractivity contribution >= 4 is 22.9 Å². The van der Waals surface area contributed by atoms with E-state index in [2.05, 4.69) is 10.3 Å². The highest BCUT2D eigenvalue weighted by Crippen LogP contribution is 2.21. The van der Waals surface area contributed by atoms with Gasteiger partial charge >= 0.3 is 0 Å². The number of carbonyl (C=O) groups excluding carboxylic acids is 1. The predicted molar refractivity (Wildman–Crippen MR) is 87.2 cm³/mol. The van der Waals surface area contributed by atoms with E-state index < -0.39 is 27.9 Å². The number of nitrogens with zero attached hydrogens (tertiary/aromatic N) is 3. The van der Waals surface area contributed by atoms with Gasteiger partial charge < -0.3 is 5.32 Å². The van der Waals surface area contributed by atoms with Crippen molar-refractivity contribution in [3.8, 4) is 0 Å². The minimum absolute atomic E-state index is 0.313. The Morgan fingerprint density at radius 1 is 1.32 bits per heavy atom. The molecular formula is C16H11FN4O4. The SMILES string of the molecule is Cc1ccn2c(=O)c(C(=O)Nc3cc([N+](=O)[O-])ccc3F)cnc2c1. The topological polar surface area (TPSA) is 107 Å². The lowest BCUT2D eigenvalue weighted by atomic mass is 10.2. The summed E-state index contributed by atoms with van der Waals surface area (Å²) in [5, 5.41) is 12.9. The van der Waals surface area contributed by atoms with Crippen LogP contribution >= 0.6 is 0 Å². The van der Waals surface area contributed by atoms with Crippen LogP contribution in [0.1, 0.15) is 15.9 Å². The average Bonchev–Trinajstić information content (AvgIpc) is 2.56. The van der Waals surface area contributed by atoms with E-state index in [0.29, 0.717) is 5.65 Å². The number of aromatic nitrogens is 2. The van der Waals surface area contributed by atoms with Crippen molar-refractivity contribution in [2.45, 2.75) is 6.92 Å². The van der Waals surface area contributed by atoms with Gasteiger partial charge in [0.05, 0.1) is 10.6 Å². The third kappa shape index (κ3) is 3.07. The number of nitro benzene ring substituents is 1. The molecule has 8 nitrogen and oxygen atoms in total. The molecule has 0 radical (unpaired) electrons. The number of amides is 1. The van der Waals surface area contributed by atoms with Gasteiger partial charge in [0.1, 0.15) is 17.0 Å². The maximum Gasteiger partial charge on any atom is 0.271 e. The predicted octanol–water partition coefficient (Wildman–Crippen LogP) is 2.30. The molecule has 0 saturated carbocycles. The van der Waals surface area contributed by atoms with Gasteiger partial charge in [0, 0.05) is 24.5 Å². The number of non-ortho nitro benzene ring substituents is 1. The highest BCUT2D eigenvalue weighted by molar-refractivity contribution is 6.04. The van der Waals surface area contributed by atoms with Gasteiger partial charge in [0.15, 0.2) is 0 Å². The van der Waals surface area contributed by atoms with Crippen LogP contribution in [0.3, 0.4) is 0 Å². The number of benzene rings is 1. The van der Waals surface area contributed by atoms with E-state index in [0.717, 1.165) is 30.0 Å². The zero-order valence-electron chi connectivity index (χ0n) is 12.9. The van der Waals surface area contributed by atoms with Gasteiger partial charge in [0.25, 0.3) is 17.2 Å². The van der Waals surface area contributed by atoms with Crippen LogP contribution in [0.2, 0.25) is 0 Å². The Morgan fingerprint density at radius 3 is 2.80 bits per heavy atom. The van der Waals surface area contributed by atoms with Crippen molar-refractivity contribution in [3.05, 3.63) is 80.1 Å². The third-order valence-electron chi connectivity index (χ3n) is 3.52. The number of anilines is 1. The molecule has 1 N–H and O–H groups in total. The first kappa shape index (κ1) is 16.2. The van der Waals surface area contributed by atoms with Gasteiger partial charge in [-0.05, 0) is 30.7 Å². The van der Waals surface area contributed by atoms with Crippen LogP contribution in [0.25, 0.3) is 5.65 Å². The summed E-state index contributed by atoms with van der Waals surface area (Å²) in [7, 11) is 0. The number of pyridine rings is 1. The van der Waals surface area contributed by atoms with E-state index in [9.17, 15) is 24.1 Å². The fourth-order valence-electron chi connectivity index (χ4n) is 2.24. The molecular weight excluding hydrogens is 331 g/mol. The van der Waals surface area contributed by atoms with Gasteiger partial charge in [-0.2, -0.15) is 0 Å².